The zero-order valence-electron chi connectivity index (χ0n) is 23.2. The van der Waals surface area contributed by atoms with Gasteiger partial charge in [0.1, 0.15) is 23.1 Å². The number of rotatable bonds is 11. The monoisotopic (exact) mass is 583 g/mol. The van der Waals surface area contributed by atoms with Crippen molar-refractivity contribution >= 4 is 11.9 Å². The molecular formula is C32H35F2NO7. The summed E-state index contributed by atoms with van der Waals surface area (Å²) in [7, 11) is 0. The molecule has 2 atom stereocenters. The predicted octanol–water partition coefficient (Wildman–Crippen LogP) is 4.73. The van der Waals surface area contributed by atoms with E-state index in [-0.39, 0.29) is 17.6 Å². The van der Waals surface area contributed by atoms with Crippen LogP contribution in [-0.4, -0.2) is 69.1 Å². The van der Waals surface area contributed by atoms with E-state index in [4.69, 9.17) is 25.2 Å². The van der Waals surface area contributed by atoms with Gasteiger partial charge in [0.25, 0.3) is 0 Å². The number of aliphatic hydroxyl groups excluding tert-OH is 2. The van der Waals surface area contributed by atoms with Crippen molar-refractivity contribution < 1.29 is 43.5 Å². The van der Waals surface area contributed by atoms with Gasteiger partial charge in [0, 0.05) is 25.4 Å². The lowest BCUT2D eigenvalue weighted by molar-refractivity contribution is -0.165. The summed E-state index contributed by atoms with van der Waals surface area (Å²) in [4.78, 5) is 22.0. The number of nitrogens with zero attached hydrogens (tertiary/aromatic N) is 1. The topological polar surface area (TPSA) is 128 Å². The summed E-state index contributed by atoms with van der Waals surface area (Å²) in [6.45, 7) is 4.89. The second-order valence-electron chi connectivity index (χ2n) is 10.0. The SMILES string of the molecule is Cc1ccc(OC2=CCN(CCCC(c3ccc(F)cc3)c3ccc(F)cc3)CC2)cc1.O=C(O)[C@@H](O)[C@H](O)C(=O)O. The van der Waals surface area contributed by atoms with Crippen LogP contribution in [0.2, 0.25) is 0 Å². The van der Waals surface area contributed by atoms with Crippen LogP contribution < -0.4 is 4.74 Å². The fraction of sp³-hybridized carbons (Fsp3) is 0.312. The highest BCUT2D eigenvalue weighted by molar-refractivity contribution is 5.83. The minimum Gasteiger partial charge on any atom is -0.479 e. The third-order valence-electron chi connectivity index (χ3n) is 6.84. The summed E-state index contributed by atoms with van der Waals surface area (Å²) < 4.78 is 32.8. The van der Waals surface area contributed by atoms with Gasteiger partial charge >= 0.3 is 11.9 Å². The zero-order chi connectivity index (χ0) is 30.6. The van der Waals surface area contributed by atoms with E-state index in [9.17, 15) is 18.4 Å². The van der Waals surface area contributed by atoms with Crippen molar-refractivity contribution in [2.75, 3.05) is 19.6 Å². The number of ether oxygens (including phenoxy) is 1. The number of aryl methyl sites for hydroxylation is 1. The van der Waals surface area contributed by atoms with Gasteiger partial charge in [0.15, 0.2) is 12.2 Å². The quantitative estimate of drug-likeness (QED) is 0.255. The van der Waals surface area contributed by atoms with Crippen molar-refractivity contribution in [1.29, 1.82) is 0 Å². The molecule has 1 heterocycles. The Bertz CT molecular complexity index is 1260. The van der Waals surface area contributed by atoms with E-state index in [2.05, 4.69) is 30.0 Å². The zero-order valence-corrected chi connectivity index (χ0v) is 23.2. The Labute approximate surface area is 243 Å². The molecule has 10 heteroatoms. The third kappa shape index (κ3) is 10.1. The number of halogens is 2. The van der Waals surface area contributed by atoms with E-state index in [1.807, 2.05) is 36.4 Å². The molecule has 4 rings (SSSR count). The van der Waals surface area contributed by atoms with E-state index in [1.54, 1.807) is 0 Å². The molecule has 0 saturated heterocycles. The molecule has 0 saturated carbocycles. The Kier molecular flexibility index (Phi) is 12.2. The number of aliphatic hydroxyl groups is 2. The second kappa shape index (κ2) is 15.8. The fourth-order valence-corrected chi connectivity index (χ4v) is 4.45. The van der Waals surface area contributed by atoms with Crippen LogP contribution in [-0.2, 0) is 9.59 Å². The highest BCUT2D eigenvalue weighted by Crippen LogP contribution is 2.30. The Balaban J connectivity index is 0.000000416. The standard InChI is InChI=1S/C28H29F2NO.C4H6O6/c1-21-4-14-26(15-5-21)32-27-16-19-31(20-17-27)18-2-3-28(22-6-10-24(29)11-7-22)23-8-12-25(30)13-9-23;5-1(3(7)8)2(6)4(9)10/h4-16,28H,2-3,17-20H2,1H3;1-2,5-6H,(H,7,8)(H,9,10)/t;1-,2-/m.0/s1. The van der Waals surface area contributed by atoms with Gasteiger partial charge in [-0.05, 0) is 79.9 Å². The number of aliphatic carboxylic acids is 2. The van der Waals surface area contributed by atoms with Gasteiger partial charge < -0.3 is 25.2 Å². The Hall–Kier alpha value is -4.12. The normalized spacial score (nSPS) is 14.8. The number of carboxylic acid groups (broad SMARTS) is 2. The lowest BCUT2D eigenvalue weighted by Crippen LogP contribution is -2.39. The molecule has 0 aliphatic carbocycles. The summed E-state index contributed by atoms with van der Waals surface area (Å²) >= 11 is 0. The molecular weight excluding hydrogens is 548 g/mol. The highest BCUT2D eigenvalue weighted by Gasteiger charge is 2.29. The maximum absolute atomic E-state index is 13.4. The largest absolute Gasteiger partial charge is 0.479 e. The molecule has 1 aliphatic heterocycles. The van der Waals surface area contributed by atoms with Crippen LogP contribution in [0.1, 0.15) is 41.9 Å². The number of carbonyl (C=O) groups is 2. The van der Waals surface area contributed by atoms with Gasteiger partial charge in [0.2, 0.25) is 0 Å². The molecule has 0 spiro atoms. The van der Waals surface area contributed by atoms with Crippen molar-refractivity contribution in [2.24, 2.45) is 0 Å². The molecule has 0 fully saturated rings. The summed E-state index contributed by atoms with van der Waals surface area (Å²) in [6.07, 6.45) is 0.453. The lowest BCUT2D eigenvalue weighted by atomic mass is 9.87. The number of hydrogen-bond acceptors (Lipinski definition) is 6. The van der Waals surface area contributed by atoms with Crippen LogP contribution in [0.3, 0.4) is 0 Å². The minimum atomic E-state index is -2.27. The smallest absolute Gasteiger partial charge is 0.335 e. The first-order valence-corrected chi connectivity index (χ1v) is 13.5. The summed E-state index contributed by atoms with van der Waals surface area (Å²) in [5.41, 5.74) is 3.34. The highest BCUT2D eigenvalue weighted by atomic mass is 19.1. The van der Waals surface area contributed by atoms with E-state index in [0.717, 1.165) is 61.5 Å². The molecule has 3 aromatic carbocycles. The summed E-state index contributed by atoms with van der Waals surface area (Å²) in [5.74, 6) is -1.98. The van der Waals surface area contributed by atoms with Gasteiger partial charge in [-0.3, -0.25) is 4.90 Å². The van der Waals surface area contributed by atoms with E-state index >= 15 is 0 Å². The minimum absolute atomic E-state index is 0.122. The molecule has 0 unspecified atom stereocenters. The second-order valence-corrected chi connectivity index (χ2v) is 10.0. The molecule has 0 amide bonds. The first kappa shape index (κ1) is 32.4. The van der Waals surface area contributed by atoms with Crippen molar-refractivity contribution in [3.8, 4) is 5.75 Å². The number of benzene rings is 3. The van der Waals surface area contributed by atoms with Crippen LogP contribution in [0, 0.1) is 18.6 Å². The Morgan fingerprint density at radius 3 is 1.76 bits per heavy atom. The molecule has 4 N–H and O–H groups in total. The van der Waals surface area contributed by atoms with Crippen LogP contribution >= 0.6 is 0 Å². The molecule has 8 nitrogen and oxygen atoms in total. The van der Waals surface area contributed by atoms with Crippen LogP contribution in [0.25, 0.3) is 0 Å². The predicted molar refractivity (Wildman–Crippen MR) is 152 cm³/mol. The number of hydrogen-bond donors (Lipinski definition) is 4. The molecule has 224 valence electrons. The van der Waals surface area contributed by atoms with Crippen LogP contribution in [0.4, 0.5) is 8.78 Å². The van der Waals surface area contributed by atoms with Crippen molar-refractivity contribution in [2.45, 2.75) is 44.3 Å². The van der Waals surface area contributed by atoms with E-state index < -0.39 is 24.1 Å². The average Bonchev–Trinajstić information content (AvgIpc) is 2.98. The molecule has 1 aliphatic rings. The van der Waals surface area contributed by atoms with Gasteiger partial charge in [-0.2, -0.15) is 0 Å². The van der Waals surface area contributed by atoms with E-state index in [1.165, 1.54) is 29.8 Å². The van der Waals surface area contributed by atoms with Gasteiger partial charge in [-0.1, -0.05) is 42.0 Å². The summed E-state index contributed by atoms with van der Waals surface area (Å²) in [6, 6.07) is 21.5. The van der Waals surface area contributed by atoms with Gasteiger partial charge in [0.05, 0.1) is 0 Å². The Morgan fingerprint density at radius 1 is 0.833 bits per heavy atom. The lowest BCUT2D eigenvalue weighted by Gasteiger charge is -2.27. The first-order chi connectivity index (χ1) is 20.0. The fourth-order valence-electron chi connectivity index (χ4n) is 4.45. The first-order valence-electron chi connectivity index (χ1n) is 13.5. The van der Waals surface area contributed by atoms with E-state index in [0.29, 0.717) is 0 Å². The molecule has 0 radical (unpaired) electrons. The maximum atomic E-state index is 13.4. The molecule has 0 aromatic heterocycles. The molecule has 42 heavy (non-hydrogen) atoms. The third-order valence-corrected chi connectivity index (χ3v) is 6.84. The van der Waals surface area contributed by atoms with Gasteiger partial charge in [-0.25, -0.2) is 18.4 Å². The van der Waals surface area contributed by atoms with Crippen LogP contribution in [0.15, 0.2) is 84.6 Å². The van der Waals surface area contributed by atoms with Crippen molar-refractivity contribution in [3.05, 3.63) is 113 Å². The average molecular weight is 584 g/mol. The summed E-state index contributed by atoms with van der Waals surface area (Å²) in [5, 5.41) is 32.5. The van der Waals surface area contributed by atoms with Crippen LogP contribution in [0.5, 0.6) is 5.75 Å². The molecule has 3 aromatic rings. The van der Waals surface area contributed by atoms with Gasteiger partial charge in [-0.15, -0.1) is 0 Å². The number of carboxylic acids is 2. The molecule has 0 bridgehead atoms. The maximum Gasteiger partial charge on any atom is 0.335 e. The Morgan fingerprint density at radius 2 is 1.33 bits per heavy atom. The van der Waals surface area contributed by atoms with Crippen molar-refractivity contribution in [3.63, 3.8) is 0 Å². The van der Waals surface area contributed by atoms with Crippen molar-refractivity contribution in [1.82, 2.24) is 4.90 Å².